The molecular formula is C22H25N3O4S2. The van der Waals surface area contributed by atoms with Crippen molar-refractivity contribution in [3.8, 4) is 0 Å². The first kappa shape index (κ1) is 21.9. The molecule has 1 fully saturated rings. The van der Waals surface area contributed by atoms with Gasteiger partial charge in [-0.25, -0.2) is 8.42 Å². The zero-order valence-electron chi connectivity index (χ0n) is 17.5. The van der Waals surface area contributed by atoms with Crippen molar-refractivity contribution in [2.24, 2.45) is 5.92 Å². The molecular weight excluding hydrogens is 434 g/mol. The Morgan fingerprint density at radius 3 is 2.65 bits per heavy atom. The van der Waals surface area contributed by atoms with Gasteiger partial charge in [0.25, 0.3) is 0 Å². The molecule has 2 aromatic carbocycles. The number of nitrogens with zero attached hydrogens (tertiary/aromatic N) is 1. The first-order valence-corrected chi connectivity index (χ1v) is 12.6. The number of rotatable bonds is 4. The molecule has 9 heteroatoms. The molecule has 0 atom stereocenters. The van der Waals surface area contributed by atoms with Crippen LogP contribution in [0.5, 0.6) is 0 Å². The second kappa shape index (κ2) is 8.64. The maximum atomic E-state index is 13.1. The highest BCUT2D eigenvalue weighted by Crippen LogP contribution is 2.34. The van der Waals surface area contributed by atoms with Crippen LogP contribution in [0.3, 0.4) is 0 Å². The van der Waals surface area contributed by atoms with E-state index in [0.29, 0.717) is 24.3 Å². The second-order valence-electron chi connectivity index (χ2n) is 7.91. The summed E-state index contributed by atoms with van der Waals surface area (Å²) in [7, 11) is -3.69. The summed E-state index contributed by atoms with van der Waals surface area (Å²) in [6, 6.07) is 10.6. The van der Waals surface area contributed by atoms with E-state index in [2.05, 4.69) is 10.6 Å². The molecule has 2 heterocycles. The predicted molar refractivity (Wildman–Crippen MR) is 122 cm³/mol. The third-order valence-electron chi connectivity index (χ3n) is 5.91. The number of nitrogens with one attached hydrogen (secondary N) is 2. The van der Waals surface area contributed by atoms with E-state index in [4.69, 9.17) is 0 Å². The summed E-state index contributed by atoms with van der Waals surface area (Å²) in [6.07, 6.45) is 0.931. The molecule has 0 unspecified atom stereocenters. The van der Waals surface area contributed by atoms with Crippen LogP contribution in [0.4, 0.5) is 11.4 Å². The van der Waals surface area contributed by atoms with E-state index in [9.17, 15) is 18.0 Å². The maximum absolute atomic E-state index is 13.1. The van der Waals surface area contributed by atoms with Gasteiger partial charge in [-0.05, 0) is 62.1 Å². The number of fused-ring (bicyclic) bond motifs is 1. The SMILES string of the molecule is Cc1cccc(NC(=O)C2CCN(S(=O)(=O)c3ccc4c(c3)NC(=O)CS4)CC2)c1C. The molecule has 1 saturated heterocycles. The van der Waals surface area contributed by atoms with E-state index in [1.807, 2.05) is 32.0 Å². The molecule has 4 rings (SSSR count). The molecule has 0 bridgehead atoms. The lowest BCUT2D eigenvalue weighted by Gasteiger charge is -2.31. The molecule has 0 aliphatic carbocycles. The largest absolute Gasteiger partial charge is 0.326 e. The second-order valence-corrected chi connectivity index (χ2v) is 10.9. The van der Waals surface area contributed by atoms with Gasteiger partial charge in [0.2, 0.25) is 21.8 Å². The Morgan fingerprint density at radius 2 is 1.90 bits per heavy atom. The van der Waals surface area contributed by atoms with Crippen molar-refractivity contribution in [3.05, 3.63) is 47.5 Å². The van der Waals surface area contributed by atoms with Crippen molar-refractivity contribution in [2.45, 2.75) is 36.5 Å². The number of carbonyl (C=O) groups is 2. The van der Waals surface area contributed by atoms with Crippen molar-refractivity contribution in [1.82, 2.24) is 4.31 Å². The van der Waals surface area contributed by atoms with Gasteiger partial charge in [-0.3, -0.25) is 9.59 Å². The van der Waals surface area contributed by atoms with Gasteiger partial charge in [-0.2, -0.15) is 4.31 Å². The molecule has 2 amide bonds. The third-order valence-corrected chi connectivity index (χ3v) is 8.88. The van der Waals surface area contributed by atoms with E-state index < -0.39 is 10.0 Å². The first-order valence-electron chi connectivity index (χ1n) is 10.2. The third kappa shape index (κ3) is 4.49. The topological polar surface area (TPSA) is 95.6 Å². The molecule has 2 aliphatic rings. The quantitative estimate of drug-likeness (QED) is 0.731. The standard InChI is InChI=1S/C22H25N3O4S2/c1-14-4-3-5-18(15(14)2)24-22(27)16-8-10-25(11-9-16)31(28,29)17-6-7-20-19(12-17)23-21(26)13-30-20/h3-7,12,16H,8-11,13H2,1-2H3,(H,23,26)(H,24,27). The average molecular weight is 460 g/mol. The fraction of sp³-hybridized carbons (Fsp3) is 0.364. The molecule has 0 aromatic heterocycles. The molecule has 31 heavy (non-hydrogen) atoms. The number of hydrogen-bond donors (Lipinski definition) is 2. The number of aryl methyl sites for hydroxylation is 1. The Bertz CT molecular complexity index is 1140. The Hall–Kier alpha value is -2.36. The zero-order chi connectivity index (χ0) is 22.2. The Morgan fingerprint density at radius 1 is 1.16 bits per heavy atom. The number of hydrogen-bond acceptors (Lipinski definition) is 5. The van der Waals surface area contributed by atoms with E-state index in [1.165, 1.54) is 22.1 Å². The van der Waals surface area contributed by atoms with E-state index in [0.717, 1.165) is 21.7 Å². The highest BCUT2D eigenvalue weighted by atomic mass is 32.2. The van der Waals surface area contributed by atoms with Crippen molar-refractivity contribution in [3.63, 3.8) is 0 Å². The lowest BCUT2D eigenvalue weighted by Crippen LogP contribution is -2.41. The van der Waals surface area contributed by atoms with Gasteiger partial charge in [0.05, 0.1) is 16.3 Å². The minimum Gasteiger partial charge on any atom is -0.326 e. The van der Waals surface area contributed by atoms with Crippen LogP contribution in [0, 0.1) is 19.8 Å². The smallest absolute Gasteiger partial charge is 0.243 e. The van der Waals surface area contributed by atoms with Gasteiger partial charge in [-0.15, -0.1) is 11.8 Å². The number of benzene rings is 2. The molecule has 0 spiro atoms. The lowest BCUT2D eigenvalue weighted by molar-refractivity contribution is -0.121. The van der Waals surface area contributed by atoms with Gasteiger partial charge in [0.1, 0.15) is 0 Å². The van der Waals surface area contributed by atoms with Gasteiger partial charge in [0, 0.05) is 29.6 Å². The molecule has 0 radical (unpaired) electrons. The minimum atomic E-state index is -3.69. The average Bonchev–Trinajstić information content (AvgIpc) is 2.76. The Balaban J connectivity index is 1.42. The van der Waals surface area contributed by atoms with Crippen LogP contribution in [0.1, 0.15) is 24.0 Å². The van der Waals surface area contributed by atoms with Crippen LogP contribution in [-0.4, -0.2) is 43.4 Å². The van der Waals surface area contributed by atoms with Crippen molar-refractivity contribution < 1.29 is 18.0 Å². The normalized spacial score (nSPS) is 17.7. The lowest BCUT2D eigenvalue weighted by atomic mass is 9.97. The van der Waals surface area contributed by atoms with Gasteiger partial charge < -0.3 is 10.6 Å². The maximum Gasteiger partial charge on any atom is 0.243 e. The highest BCUT2D eigenvalue weighted by Gasteiger charge is 2.33. The van der Waals surface area contributed by atoms with Crippen LogP contribution in [-0.2, 0) is 19.6 Å². The van der Waals surface area contributed by atoms with Crippen molar-refractivity contribution in [1.29, 1.82) is 0 Å². The molecule has 0 saturated carbocycles. The van der Waals surface area contributed by atoms with E-state index in [-0.39, 0.29) is 35.7 Å². The van der Waals surface area contributed by atoms with E-state index >= 15 is 0 Å². The van der Waals surface area contributed by atoms with Crippen LogP contribution in [0.2, 0.25) is 0 Å². The summed E-state index contributed by atoms with van der Waals surface area (Å²) in [5, 5.41) is 5.73. The molecule has 164 valence electrons. The van der Waals surface area contributed by atoms with Crippen LogP contribution < -0.4 is 10.6 Å². The van der Waals surface area contributed by atoms with Gasteiger partial charge >= 0.3 is 0 Å². The molecule has 2 aromatic rings. The number of amides is 2. The predicted octanol–water partition coefficient (Wildman–Crippen LogP) is 3.39. The molecule has 7 nitrogen and oxygen atoms in total. The summed E-state index contributed by atoms with van der Waals surface area (Å²) >= 11 is 1.39. The Kier molecular flexibility index (Phi) is 6.09. The number of piperidine rings is 1. The number of thioether (sulfide) groups is 1. The number of sulfonamides is 1. The minimum absolute atomic E-state index is 0.0701. The fourth-order valence-corrected chi connectivity index (χ4v) is 6.14. The van der Waals surface area contributed by atoms with Crippen LogP contribution in [0.25, 0.3) is 0 Å². The van der Waals surface area contributed by atoms with Crippen LogP contribution >= 0.6 is 11.8 Å². The van der Waals surface area contributed by atoms with E-state index in [1.54, 1.807) is 12.1 Å². The summed E-state index contributed by atoms with van der Waals surface area (Å²) in [5.74, 6) is -0.107. The van der Waals surface area contributed by atoms with Crippen molar-refractivity contribution in [2.75, 3.05) is 29.5 Å². The first-order chi connectivity index (χ1) is 14.8. The summed E-state index contributed by atoms with van der Waals surface area (Å²) < 4.78 is 27.6. The number of carbonyl (C=O) groups excluding carboxylic acids is 2. The summed E-state index contributed by atoms with van der Waals surface area (Å²) in [5.41, 5.74) is 3.48. The summed E-state index contributed by atoms with van der Waals surface area (Å²) in [6.45, 7) is 4.54. The van der Waals surface area contributed by atoms with Gasteiger partial charge in [-0.1, -0.05) is 12.1 Å². The van der Waals surface area contributed by atoms with Crippen molar-refractivity contribution >= 4 is 45.0 Å². The van der Waals surface area contributed by atoms with Crippen LogP contribution in [0.15, 0.2) is 46.2 Å². The summed E-state index contributed by atoms with van der Waals surface area (Å²) in [4.78, 5) is 25.4. The van der Waals surface area contributed by atoms with Gasteiger partial charge in [0.15, 0.2) is 0 Å². The Labute approximate surface area is 186 Å². The highest BCUT2D eigenvalue weighted by molar-refractivity contribution is 8.00. The number of anilines is 2. The molecule has 2 N–H and O–H groups in total. The fourth-order valence-electron chi connectivity index (χ4n) is 3.85. The monoisotopic (exact) mass is 459 g/mol. The molecule has 2 aliphatic heterocycles. The zero-order valence-corrected chi connectivity index (χ0v) is 19.1.